The number of nitrogens with zero attached hydrogens (tertiary/aromatic N) is 3. The molecular weight excluding hydrogens is 421 g/mol. The molecule has 1 aromatic carbocycles. The number of rotatable bonds is 7. The van der Waals surface area contributed by atoms with Crippen LogP contribution in [0.3, 0.4) is 0 Å². The lowest BCUT2D eigenvalue weighted by Crippen LogP contribution is -2.40. The van der Waals surface area contributed by atoms with Gasteiger partial charge in [0.2, 0.25) is 0 Å². The molecule has 1 atom stereocenters. The number of aliphatic imine (C=N–C) groups is 1. The molecule has 0 bridgehead atoms. The number of alkyl halides is 3. The fraction of sp³-hybridized carbons (Fsp3) is 0.632. The topological polar surface area (TPSA) is 74.2 Å². The number of hydrogen-bond acceptors (Lipinski definition) is 6. The van der Waals surface area contributed by atoms with E-state index in [4.69, 9.17) is 0 Å². The lowest BCUT2D eigenvalue weighted by molar-refractivity contribution is -0.339. The third-order valence-electron chi connectivity index (χ3n) is 5.00. The van der Waals surface area contributed by atoms with E-state index < -0.39 is 22.4 Å². The normalized spacial score (nSPS) is 17.8. The van der Waals surface area contributed by atoms with Gasteiger partial charge in [-0.05, 0) is 44.4 Å². The highest BCUT2D eigenvalue weighted by Gasteiger charge is 2.32. The molecule has 1 aliphatic rings. The van der Waals surface area contributed by atoms with Gasteiger partial charge in [-0.15, -0.1) is 13.2 Å². The molecule has 30 heavy (non-hydrogen) atoms. The zero-order valence-corrected chi connectivity index (χ0v) is 18.4. The van der Waals surface area contributed by atoms with Crippen LogP contribution < -0.4 is 10.3 Å². The predicted octanol–water partition coefficient (Wildman–Crippen LogP) is 2.94. The maximum absolute atomic E-state index is 12.3. The molecule has 2 rings (SSSR count). The van der Waals surface area contributed by atoms with E-state index in [0.29, 0.717) is 38.3 Å². The summed E-state index contributed by atoms with van der Waals surface area (Å²) in [6, 6.07) is 7.78. The van der Waals surface area contributed by atoms with Gasteiger partial charge in [0, 0.05) is 32.1 Å². The second-order valence-corrected chi connectivity index (χ2v) is 9.66. The van der Waals surface area contributed by atoms with Gasteiger partial charge in [0.1, 0.15) is 15.7 Å². The van der Waals surface area contributed by atoms with Crippen LogP contribution >= 0.6 is 0 Å². The van der Waals surface area contributed by atoms with Crippen LogP contribution in [-0.2, 0) is 21.1 Å². The van der Waals surface area contributed by atoms with Crippen molar-refractivity contribution in [2.45, 2.75) is 51.1 Å². The van der Waals surface area contributed by atoms with E-state index in [1.54, 1.807) is 19.0 Å². The Balaban J connectivity index is 2.04. The van der Waals surface area contributed by atoms with E-state index in [0.717, 1.165) is 11.3 Å². The summed E-state index contributed by atoms with van der Waals surface area (Å²) in [6.07, 6.45) is -3.64. The summed E-state index contributed by atoms with van der Waals surface area (Å²) in [6.45, 7) is 4.53. The summed E-state index contributed by atoms with van der Waals surface area (Å²) in [4.78, 5) is 6.09. The highest BCUT2D eigenvalue weighted by molar-refractivity contribution is 7.91. The minimum Gasteiger partial charge on any atom is -0.371 e. The quantitative estimate of drug-likeness (QED) is 0.391. The minimum absolute atomic E-state index is 0.295. The lowest BCUT2D eigenvalue weighted by Gasteiger charge is -2.33. The first kappa shape index (κ1) is 24.4. The van der Waals surface area contributed by atoms with Crippen molar-refractivity contribution in [3.63, 3.8) is 0 Å². The molecule has 1 aromatic rings. The minimum atomic E-state index is -4.74. The zero-order valence-electron chi connectivity index (χ0n) is 17.6. The Kier molecular flexibility index (Phi) is 8.12. The monoisotopic (exact) mass is 450 g/mol. The van der Waals surface area contributed by atoms with Crippen molar-refractivity contribution in [2.75, 3.05) is 31.3 Å². The fourth-order valence-corrected chi connectivity index (χ4v) is 4.55. The number of hydrogen-bond donors (Lipinski definition) is 1. The van der Waals surface area contributed by atoms with E-state index >= 15 is 0 Å². The van der Waals surface area contributed by atoms with Gasteiger partial charge < -0.3 is 4.90 Å². The van der Waals surface area contributed by atoms with Gasteiger partial charge in [-0.3, -0.25) is 9.75 Å². The summed E-state index contributed by atoms with van der Waals surface area (Å²) >= 11 is 0. The van der Waals surface area contributed by atoms with E-state index in [1.807, 2.05) is 24.3 Å². The zero-order chi connectivity index (χ0) is 22.5. The van der Waals surface area contributed by atoms with E-state index in [1.165, 1.54) is 13.2 Å². The Morgan fingerprint density at radius 2 is 2.00 bits per heavy atom. The molecule has 0 radical (unpaired) electrons. The van der Waals surface area contributed by atoms with Gasteiger partial charge in [-0.25, -0.2) is 18.8 Å². The van der Waals surface area contributed by atoms with Gasteiger partial charge in [0.15, 0.2) is 6.23 Å². The maximum Gasteiger partial charge on any atom is 0.524 e. The van der Waals surface area contributed by atoms with Gasteiger partial charge in [0.05, 0.1) is 11.8 Å². The van der Waals surface area contributed by atoms with Crippen LogP contribution in [0.5, 0.6) is 0 Å². The van der Waals surface area contributed by atoms with Gasteiger partial charge in [-0.2, -0.15) is 0 Å². The number of halogens is 3. The third-order valence-corrected chi connectivity index (χ3v) is 6.68. The number of ether oxygens (including phenoxy) is 1. The van der Waals surface area contributed by atoms with E-state index in [-0.39, 0.29) is 5.25 Å². The largest absolute Gasteiger partial charge is 0.524 e. The van der Waals surface area contributed by atoms with Crippen molar-refractivity contribution in [3.05, 3.63) is 29.8 Å². The van der Waals surface area contributed by atoms with Crippen LogP contribution in [0.25, 0.3) is 0 Å². The number of piperidine rings is 1. The molecule has 0 amide bonds. The number of anilines is 1. The molecule has 0 spiro atoms. The van der Waals surface area contributed by atoms with Gasteiger partial charge >= 0.3 is 6.36 Å². The molecule has 1 N–H and O–H groups in total. The average Bonchev–Trinajstić information content (AvgIpc) is 2.64. The summed E-state index contributed by atoms with van der Waals surface area (Å²) < 4.78 is 64.4. The first-order valence-electron chi connectivity index (χ1n) is 9.65. The molecule has 1 fully saturated rings. The Hall–Kier alpha value is -1.85. The Labute approximate surface area is 175 Å². The molecule has 11 heteroatoms. The van der Waals surface area contributed by atoms with Crippen LogP contribution in [0.1, 0.15) is 32.3 Å². The number of amidine groups is 1. The molecule has 1 heterocycles. The van der Waals surface area contributed by atoms with Crippen molar-refractivity contribution >= 4 is 21.4 Å². The fourth-order valence-electron chi connectivity index (χ4n) is 3.48. The predicted molar refractivity (Wildman–Crippen MR) is 111 cm³/mol. The number of benzene rings is 1. The van der Waals surface area contributed by atoms with Crippen molar-refractivity contribution in [2.24, 2.45) is 4.99 Å². The molecule has 0 saturated carbocycles. The highest BCUT2D eigenvalue weighted by Crippen LogP contribution is 2.24. The first-order valence-corrected chi connectivity index (χ1v) is 11.6. The summed E-state index contributed by atoms with van der Waals surface area (Å²) in [5, 5.41) is 1.34. The number of sulfone groups is 1. The Bertz CT molecular complexity index is 838. The molecule has 1 aliphatic heterocycles. The lowest BCUT2D eigenvalue weighted by atomic mass is 10.1. The van der Waals surface area contributed by atoms with E-state index in [2.05, 4.69) is 20.1 Å². The van der Waals surface area contributed by atoms with Crippen LogP contribution in [0.2, 0.25) is 0 Å². The molecular formula is C19H29F3N4O3S. The number of nitrogens with one attached hydrogen (secondary N) is 1. The van der Waals surface area contributed by atoms with Crippen molar-refractivity contribution < 1.29 is 26.3 Å². The smallest absolute Gasteiger partial charge is 0.371 e. The van der Waals surface area contributed by atoms with Gasteiger partial charge in [-0.1, -0.05) is 12.1 Å². The van der Waals surface area contributed by atoms with Crippen molar-refractivity contribution in [3.8, 4) is 0 Å². The first-order chi connectivity index (χ1) is 13.9. The van der Waals surface area contributed by atoms with Crippen molar-refractivity contribution in [1.82, 2.24) is 10.4 Å². The summed E-state index contributed by atoms with van der Waals surface area (Å²) in [5.74, 6) is 0.355. The maximum atomic E-state index is 12.3. The second-order valence-electron chi connectivity index (χ2n) is 7.33. The van der Waals surface area contributed by atoms with Crippen LogP contribution in [0.15, 0.2) is 29.3 Å². The molecule has 0 aromatic heterocycles. The standard InChI is InChI=1S/C19H29F3N4O3S/c1-14(24-15(2)29-19(20,21)22)26(23-3)13-16-6-5-7-17(12-16)25-10-8-18(9-11-25)30(4,27)28/h5-7,12,15,18,23H,8-11,13H2,1-4H3. The number of hydrazine groups is 1. The molecule has 1 unspecified atom stereocenters. The Morgan fingerprint density at radius 3 is 2.53 bits per heavy atom. The third kappa shape index (κ3) is 7.44. The molecule has 170 valence electrons. The van der Waals surface area contributed by atoms with Crippen LogP contribution in [0, 0.1) is 0 Å². The Morgan fingerprint density at radius 1 is 1.37 bits per heavy atom. The molecule has 7 nitrogen and oxygen atoms in total. The SMILES string of the molecule is CNN(Cc1cccc(N2CCC(S(C)(=O)=O)CC2)c1)C(C)=NC(C)OC(F)(F)F. The summed E-state index contributed by atoms with van der Waals surface area (Å²) in [5.41, 5.74) is 4.85. The average molecular weight is 451 g/mol. The molecule has 1 saturated heterocycles. The highest BCUT2D eigenvalue weighted by atomic mass is 32.2. The second kappa shape index (κ2) is 9.97. The van der Waals surface area contributed by atoms with Crippen molar-refractivity contribution in [1.29, 1.82) is 0 Å². The van der Waals surface area contributed by atoms with E-state index in [9.17, 15) is 21.6 Å². The van der Waals surface area contributed by atoms with Crippen LogP contribution in [0.4, 0.5) is 18.9 Å². The molecule has 0 aliphatic carbocycles. The van der Waals surface area contributed by atoms with Crippen LogP contribution in [-0.4, -0.2) is 63.5 Å². The summed E-state index contributed by atoms with van der Waals surface area (Å²) in [7, 11) is -1.36. The van der Waals surface area contributed by atoms with Gasteiger partial charge in [0.25, 0.3) is 0 Å².